The van der Waals surface area contributed by atoms with Gasteiger partial charge in [0.15, 0.2) is 0 Å². The first-order valence-corrected chi connectivity index (χ1v) is 1.10. The topological polar surface area (TPSA) is 37.3 Å². The maximum absolute atomic E-state index is 8.86. The van der Waals surface area contributed by atoms with Crippen molar-refractivity contribution in [1.29, 1.82) is 0 Å². The van der Waals surface area contributed by atoms with Crippen LogP contribution in [-0.2, 0) is 0 Å². The van der Waals surface area contributed by atoms with E-state index in [9.17, 15) is 0 Å². The van der Waals surface area contributed by atoms with E-state index in [1.807, 2.05) is 0 Å². The van der Waals surface area contributed by atoms with E-state index in [4.69, 9.17) is 9.90 Å². The van der Waals surface area contributed by atoms with E-state index in [1.54, 1.807) is 0 Å². The van der Waals surface area contributed by atoms with E-state index < -0.39 is 5.30 Å². The normalized spacial score (nSPS) is 4.17. The molecule has 0 spiro atoms. The van der Waals surface area contributed by atoms with Gasteiger partial charge in [-0.05, 0) is 0 Å². The van der Waals surface area contributed by atoms with E-state index in [2.05, 4.69) is 12.6 Å². The Hall–Kier alpha value is 1.46. The fourth-order valence-electron chi connectivity index (χ4n) is 0. The monoisotopic (exact) mass is 320 g/mol. The van der Waals surface area contributed by atoms with Crippen LogP contribution in [-0.4, -0.2) is 59.3 Å². The number of hydrogen-bond acceptors (Lipinski definition) is 1. The minimum absolute atomic E-state index is 0. The van der Waals surface area contributed by atoms with Crippen molar-refractivity contribution in [3.8, 4) is 0 Å². The van der Waals surface area contributed by atoms with Crippen molar-refractivity contribution >= 4 is 66.8 Å². The Balaban J connectivity index is -0.0000000450. The quantitative estimate of drug-likeness (QED) is 0.480. The van der Waals surface area contributed by atoms with E-state index in [-0.39, 0.29) is 48.9 Å². The van der Waals surface area contributed by atoms with Gasteiger partial charge in [-0.15, -0.1) is 0 Å². The van der Waals surface area contributed by atoms with Gasteiger partial charge in [0.25, 0.3) is 0 Å². The molecular formula is CH2O2SSb2. The summed E-state index contributed by atoms with van der Waals surface area (Å²) < 4.78 is 0. The SMILES string of the molecule is O=C(O)S.[Sb].[Sb]. The molecule has 0 aliphatic rings. The van der Waals surface area contributed by atoms with Crippen LogP contribution in [0, 0.1) is 0 Å². The van der Waals surface area contributed by atoms with Crippen LogP contribution in [0.4, 0.5) is 4.79 Å². The summed E-state index contributed by atoms with van der Waals surface area (Å²) in [5, 5.41) is 6.14. The summed E-state index contributed by atoms with van der Waals surface area (Å²) in [4.78, 5) is 8.86. The van der Waals surface area contributed by atoms with Crippen LogP contribution >= 0.6 is 12.6 Å². The molecule has 0 amide bonds. The van der Waals surface area contributed by atoms with E-state index >= 15 is 0 Å². The Morgan fingerprint density at radius 2 is 1.50 bits per heavy atom. The first-order valence-electron chi connectivity index (χ1n) is 0.651. The average molecular weight is 322 g/mol. The summed E-state index contributed by atoms with van der Waals surface area (Å²) in [5.74, 6) is 0. The molecule has 5 heteroatoms. The molecular weight excluding hydrogens is 320 g/mol. The number of hydrogen-bond donors (Lipinski definition) is 2. The zero-order chi connectivity index (χ0) is 3.58. The number of thiol groups is 1. The fraction of sp³-hybridized carbons (Fsp3) is 0. The van der Waals surface area contributed by atoms with Crippen LogP contribution in [0.5, 0.6) is 0 Å². The Morgan fingerprint density at radius 1 is 1.50 bits per heavy atom. The average Bonchev–Trinajstić information content (AvgIpc) is 0.811. The van der Waals surface area contributed by atoms with E-state index in [1.165, 1.54) is 0 Å². The van der Waals surface area contributed by atoms with Crippen molar-refractivity contribution in [1.82, 2.24) is 0 Å². The molecule has 0 atom stereocenters. The minimum atomic E-state index is -1.14. The first-order chi connectivity index (χ1) is 1.73. The summed E-state index contributed by atoms with van der Waals surface area (Å²) in [7, 11) is 0. The van der Waals surface area contributed by atoms with Crippen LogP contribution in [0.25, 0.3) is 0 Å². The van der Waals surface area contributed by atoms with Crippen molar-refractivity contribution in [2.75, 3.05) is 0 Å². The third-order valence-corrected chi connectivity index (χ3v) is 0. The van der Waals surface area contributed by atoms with Gasteiger partial charge in [-0.25, -0.2) is 4.79 Å². The molecule has 0 aromatic carbocycles. The molecule has 1 N–H and O–H groups in total. The molecule has 0 rings (SSSR count). The van der Waals surface area contributed by atoms with Gasteiger partial charge in [-0.2, -0.15) is 0 Å². The predicted octanol–water partition coefficient (Wildman–Crippen LogP) is -0.167. The second-order valence-electron chi connectivity index (χ2n) is 0.283. The zero-order valence-corrected chi connectivity index (χ0v) is 8.70. The van der Waals surface area contributed by atoms with Gasteiger partial charge in [0.1, 0.15) is 0 Å². The number of carbonyl (C=O) groups is 1. The third kappa shape index (κ3) is 51.1. The Labute approximate surface area is 76.0 Å². The van der Waals surface area contributed by atoms with Crippen LogP contribution in [0.1, 0.15) is 0 Å². The second-order valence-corrected chi connectivity index (χ2v) is 0.665. The largest absolute Gasteiger partial charge is 0.473 e. The summed E-state index contributed by atoms with van der Waals surface area (Å²) in [5.41, 5.74) is 0. The van der Waals surface area contributed by atoms with Gasteiger partial charge in [0, 0.05) is 48.9 Å². The van der Waals surface area contributed by atoms with Crippen molar-refractivity contribution in [2.24, 2.45) is 0 Å². The van der Waals surface area contributed by atoms with Gasteiger partial charge in [-0.1, -0.05) is 12.6 Å². The molecule has 34 valence electrons. The van der Waals surface area contributed by atoms with Crippen molar-refractivity contribution in [3.63, 3.8) is 0 Å². The minimum Gasteiger partial charge on any atom is -0.473 e. The summed E-state index contributed by atoms with van der Waals surface area (Å²) in [6, 6.07) is 0. The molecule has 0 aromatic rings. The zero-order valence-electron chi connectivity index (χ0n) is 2.70. The maximum Gasteiger partial charge on any atom is 0.361 e. The molecule has 0 aromatic heterocycles. The smallest absolute Gasteiger partial charge is 0.361 e. The van der Waals surface area contributed by atoms with E-state index in [0.29, 0.717) is 0 Å². The Morgan fingerprint density at radius 3 is 1.50 bits per heavy atom. The molecule has 0 heterocycles. The first kappa shape index (κ1) is 15.7. The van der Waals surface area contributed by atoms with Gasteiger partial charge >= 0.3 is 5.30 Å². The summed E-state index contributed by atoms with van der Waals surface area (Å²) >= 11 is 2.88. The van der Waals surface area contributed by atoms with Crippen LogP contribution in [0.2, 0.25) is 0 Å². The van der Waals surface area contributed by atoms with Gasteiger partial charge in [0.2, 0.25) is 0 Å². The standard InChI is InChI=1S/CH2O2S.2Sb/c2-1(3)4;;/h4H,(H,2,3);;. The molecule has 0 fully saturated rings. The second kappa shape index (κ2) is 9.68. The van der Waals surface area contributed by atoms with Crippen LogP contribution in [0.3, 0.4) is 0 Å². The Bertz CT molecular complexity index is 34.5. The molecule has 0 bridgehead atoms. The molecule has 0 saturated heterocycles. The van der Waals surface area contributed by atoms with Crippen LogP contribution < -0.4 is 0 Å². The molecule has 0 aliphatic heterocycles. The third-order valence-electron chi connectivity index (χ3n) is 0. The molecule has 2 nitrogen and oxygen atoms in total. The molecule has 6 heavy (non-hydrogen) atoms. The number of rotatable bonds is 0. The van der Waals surface area contributed by atoms with Crippen LogP contribution in [0.15, 0.2) is 0 Å². The fourth-order valence-corrected chi connectivity index (χ4v) is 0. The molecule has 0 saturated carbocycles. The van der Waals surface area contributed by atoms with Gasteiger partial charge in [0.05, 0.1) is 0 Å². The maximum atomic E-state index is 8.86. The molecule has 6 radical (unpaired) electrons. The van der Waals surface area contributed by atoms with Crippen molar-refractivity contribution in [2.45, 2.75) is 0 Å². The predicted molar refractivity (Wildman–Crippen MR) is 28.5 cm³/mol. The van der Waals surface area contributed by atoms with E-state index in [0.717, 1.165) is 0 Å². The van der Waals surface area contributed by atoms with Crippen molar-refractivity contribution < 1.29 is 9.90 Å². The summed E-state index contributed by atoms with van der Waals surface area (Å²) in [6.07, 6.45) is 0. The Kier molecular flexibility index (Phi) is 25.2. The van der Waals surface area contributed by atoms with Gasteiger partial charge < -0.3 is 5.11 Å². The molecule has 0 aliphatic carbocycles. The molecule has 0 unspecified atom stereocenters. The summed E-state index contributed by atoms with van der Waals surface area (Å²) in [6.45, 7) is 0. The van der Waals surface area contributed by atoms with Gasteiger partial charge in [-0.3, -0.25) is 0 Å². The van der Waals surface area contributed by atoms with Crippen molar-refractivity contribution in [3.05, 3.63) is 0 Å². The number of carboxylic acid groups (broad SMARTS) is 1.